The summed E-state index contributed by atoms with van der Waals surface area (Å²) in [6.45, 7) is 6.49. The average Bonchev–Trinajstić information content (AvgIpc) is 2.47. The van der Waals surface area contributed by atoms with Gasteiger partial charge in [0.2, 0.25) is 0 Å². The summed E-state index contributed by atoms with van der Waals surface area (Å²) in [5.41, 5.74) is 0.478. The van der Waals surface area contributed by atoms with Crippen LogP contribution >= 0.6 is 0 Å². The molecule has 7 nitrogen and oxygen atoms in total. The smallest absolute Gasteiger partial charge is 0.293 e. The SMILES string of the molecule is CCNc1c(C(=O)NCCN(C)CC)cccc1[N+](=O)[O-]. The first-order valence-electron chi connectivity index (χ1n) is 6.99. The molecule has 1 aromatic carbocycles. The Morgan fingerprint density at radius 3 is 2.67 bits per heavy atom. The lowest BCUT2D eigenvalue weighted by Crippen LogP contribution is -2.33. The zero-order chi connectivity index (χ0) is 15.8. The Labute approximate surface area is 124 Å². The van der Waals surface area contributed by atoms with Gasteiger partial charge in [-0.1, -0.05) is 13.0 Å². The summed E-state index contributed by atoms with van der Waals surface area (Å²) in [7, 11) is 1.96. The Kier molecular flexibility index (Phi) is 6.61. The number of likely N-dealkylation sites (N-methyl/N-ethyl adjacent to an activating group) is 1. The van der Waals surface area contributed by atoms with Gasteiger partial charge < -0.3 is 15.5 Å². The van der Waals surface area contributed by atoms with Gasteiger partial charge in [-0.3, -0.25) is 14.9 Å². The summed E-state index contributed by atoms with van der Waals surface area (Å²) in [4.78, 5) is 24.8. The van der Waals surface area contributed by atoms with E-state index in [1.165, 1.54) is 12.1 Å². The number of nitro groups is 1. The number of carbonyl (C=O) groups excluding carboxylic acids is 1. The minimum Gasteiger partial charge on any atom is -0.379 e. The third kappa shape index (κ3) is 4.71. The van der Waals surface area contributed by atoms with Crippen molar-refractivity contribution < 1.29 is 9.72 Å². The molecule has 0 aliphatic heterocycles. The molecule has 0 saturated heterocycles. The van der Waals surface area contributed by atoms with E-state index in [-0.39, 0.29) is 17.3 Å². The van der Waals surface area contributed by atoms with Crippen LogP contribution in [0, 0.1) is 10.1 Å². The lowest BCUT2D eigenvalue weighted by molar-refractivity contribution is -0.384. The number of amides is 1. The van der Waals surface area contributed by atoms with Gasteiger partial charge in [0, 0.05) is 25.7 Å². The molecule has 1 amide bonds. The number of nitrogens with one attached hydrogen (secondary N) is 2. The molecule has 0 unspecified atom stereocenters. The third-order valence-electron chi connectivity index (χ3n) is 3.16. The molecule has 0 aliphatic carbocycles. The molecule has 0 fully saturated rings. The van der Waals surface area contributed by atoms with Crippen molar-refractivity contribution in [3.8, 4) is 0 Å². The van der Waals surface area contributed by atoms with Gasteiger partial charge in [-0.25, -0.2) is 0 Å². The van der Waals surface area contributed by atoms with Gasteiger partial charge in [0.1, 0.15) is 5.69 Å². The van der Waals surface area contributed by atoms with Crippen molar-refractivity contribution >= 4 is 17.3 Å². The summed E-state index contributed by atoms with van der Waals surface area (Å²) < 4.78 is 0. The molecule has 7 heteroatoms. The molecule has 0 bridgehead atoms. The molecule has 21 heavy (non-hydrogen) atoms. The van der Waals surface area contributed by atoms with Gasteiger partial charge in [-0.05, 0) is 26.6 Å². The van der Waals surface area contributed by atoms with Crippen LogP contribution in [0.4, 0.5) is 11.4 Å². The largest absolute Gasteiger partial charge is 0.379 e. The van der Waals surface area contributed by atoms with E-state index in [0.29, 0.717) is 18.7 Å². The Morgan fingerprint density at radius 2 is 2.10 bits per heavy atom. The summed E-state index contributed by atoms with van der Waals surface area (Å²) >= 11 is 0. The van der Waals surface area contributed by atoms with Crippen molar-refractivity contribution in [2.75, 3.05) is 38.5 Å². The van der Waals surface area contributed by atoms with E-state index in [4.69, 9.17) is 0 Å². The predicted octanol–water partition coefficient (Wildman–Crippen LogP) is 1.71. The average molecular weight is 294 g/mol. The summed E-state index contributed by atoms with van der Waals surface area (Å²) in [6.07, 6.45) is 0. The van der Waals surface area contributed by atoms with E-state index >= 15 is 0 Å². The molecule has 1 aromatic rings. The number of hydrogen-bond acceptors (Lipinski definition) is 5. The Balaban J connectivity index is 2.88. The molecule has 0 aliphatic rings. The zero-order valence-electron chi connectivity index (χ0n) is 12.7. The molecule has 0 aromatic heterocycles. The van der Waals surface area contributed by atoms with Gasteiger partial charge in [0.15, 0.2) is 0 Å². The van der Waals surface area contributed by atoms with Crippen molar-refractivity contribution in [2.24, 2.45) is 0 Å². The number of nitro benzene ring substituents is 1. The number of benzene rings is 1. The fraction of sp³-hybridized carbons (Fsp3) is 0.500. The van der Waals surface area contributed by atoms with Crippen LogP contribution in [0.25, 0.3) is 0 Å². The topological polar surface area (TPSA) is 87.5 Å². The maximum absolute atomic E-state index is 12.2. The number of hydrogen-bond donors (Lipinski definition) is 2. The van der Waals surface area contributed by atoms with Gasteiger partial charge in [-0.2, -0.15) is 0 Å². The van der Waals surface area contributed by atoms with E-state index in [1.54, 1.807) is 6.07 Å². The number of rotatable bonds is 8. The number of anilines is 1. The fourth-order valence-electron chi connectivity index (χ4n) is 1.86. The highest BCUT2D eigenvalue weighted by Gasteiger charge is 2.20. The highest BCUT2D eigenvalue weighted by molar-refractivity contribution is 6.01. The first-order chi connectivity index (χ1) is 10.0. The highest BCUT2D eigenvalue weighted by Crippen LogP contribution is 2.28. The first kappa shape index (κ1) is 16.9. The monoisotopic (exact) mass is 294 g/mol. The second-order valence-corrected chi connectivity index (χ2v) is 4.64. The maximum atomic E-state index is 12.2. The van der Waals surface area contributed by atoms with E-state index < -0.39 is 4.92 Å². The van der Waals surface area contributed by atoms with Gasteiger partial charge in [0.25, 0.3) is 11.6 Å². The van der Waals surface area contributed by atoms with Crippen molar-refractivity contribution in [2.45, 2.75) is 13.8 Å². The van der Waals surface area contributed by atoms with E-state index in [2.05, 4.69) is 15.5 Å². The highest BCUT2D eigenvalue weighted by atomic mass is 16.6. The number of para-hydroxylation sites is 1. The predicted molar refractivity (Wildman–Crippen MR) is 82.8 cm³/mol. The third-order valence-corrected chi connectivity index (χ3v) is 3.16. The lowest BCUT2D eigenvalue weighted by atomic mass is 10.1. The van der Waals surface area contributed by atoms with Crippen molar-refractivity contribution in [3.05, 3.63) is 33.9 Å². The van der Waals surface area contributed by atoms with Crippen LogP contribution in [-0.2, 0) is 0 Å². The van der Waals surface area contributed by atoms with Crippen LogP contribution in [0.5, 0.6) is 0 Å². The second kappa shape index (κ2) is 8.21. The van der Waals surface area contributed by atoms with Crippen molar-refractivity contribution in [3.63, 3.8) is 0 Å². The molecule has 2 N–H and O–H groups in total. The Morgan fingerprint density at radius 1 is 1.38 bits per heavy atom. The standard InChI is InChI=1S/C14H22N4O3/c1-4-15-13-11(7-6-8-12(13)18(20)21)14(19)16-9-10-17(3)5-2/h6-8,15H,4-5,9-10H2,1-3H3,(H,16,19). The summed E-state index contributed by atoms with van der Waals surface area (Å²) in [5, 5.41) is 16.7. The van der Waals surface area contributed by atoms with Gasteiger partial charge in [-0.15, -0.1) is 0 Å². The van der Waals surface area contributed by atoms with Crippen molar-refractivity contribution in [1.82, 2.24) is 10.2 Å². The minimum atomic E-state index is -0.486. The number of nitrogens with zero attached hydrogens (tertiary/aromatic N) is 2. The van der Waals surface area contributed by atoms with E-state index in [1.807, 2.05) is 20.9 Å². The van der Waals surface area contributed by atoms with Crippen LogP contribution in [0.15, 0.2) is 18.2 Å². The van der Waals surface area contributed by atoms with Crippen molar-refractivity contribution in [1.29, 1.82) is 0 Å². The summed E-state index contributed by atoms with van der Waals surface area (Å²) in [5.74, 6) is -0.306. The maximum Gasteiger partial charge on any atom is 0.293 e. The van der Waals surface area contributed by atoms with Gasteiger partial charge in [0.05, 0.1) is 10.5 Å². The zero-order valence-corrected chi connectivity index (χ0v) is 12.7. The van der Waals surface area contributed by atoms with Crippen LogP contribution in [0.3, 0.4) is 0 Å². The summed E-state index contributed by atoms with van der Waals surface area (Å²) in [6, 6.07) is 4.50. The van der Waals surface area contributed by atoms with Crippen LogP contribution < -0.4 is 10.6 Å². The Hall–Kier alpha value is -2.15. The van der Waals surface area contributed by atoms with Crippen LogP contribution in [0.1, 0.15) is 24.2 Å². The van der Waals surface area contributed by atoms with E-state index in [0.717, 1.165) is 13.1 Å². The molecule has 0 saturated carbocycles. The quantitative estimate of drug-likeness (QED) is 0.563. The number of carbonyl (C=O) groups is 1. The van der Waals surface area contributed by atoms with Gasteiger partial charge >= 0.3 is 0 Å². The molecular formula is C14H22N4O3. The molecule has 0 spiro atoms. The molecule has 0 heterocycles. The molecule has 0 radical (unpaired) electrons. The second-order valence-electron chi connectivity index (χ2n) is 4.64. The van der Waals surface area contributed by atoms with Crippen LogP contribution in [0.2, 0.25) is 0 Å². The molecular weight excluding hydrogens is 272 g/mol. The molecule has 0 atom stereocenters. The lowest BCUT2D eigenvalue weighted by Gasteiger charge is -2.15. The Bertz CT molecular complexity index is 505. The fourth-order valence-corrected chi connectivity index (χ4v) is 1.86. The van der Waals surface area contributed by atoms with Crippen LogP contribution in [-0.4, -0.2) is 49.0 Å². The normalized spacial score (nSPS) is 10.5. The molecule has 1 rings (SSSR count). The molecule has 116 valence electrons. The first-order valence-corrected chi connectivity index (χ1v) is 6.99. The van der Waals surface area contributed by atoms with E-state index in [9.17, 15) is 14.9 Å². The minimum absolute atomic E-state index is 0.0878.